The first-order valence-corrected chi connectivity index (χ1v) is 5.95. The molecule has 0 atom stereocenters. The van der Waals surface area contributed by atoms with Gasteiger partial charge in [-0.2, -0.15) is 0 Å². The summed E-state index contributed by atoms with van der Waals surface area (Å²) in [5, 5.41) is 3.43. The van der Waals surface area contributed by atoms with E-state index in [1.807, 2.05) is 0 Å². The van der Waals surface area contributed by atoms with E-state index in [1.165, 1.54) is 11.1 Å². The second-order valence-corrected chi connectivity index (χ2v) is 4.38. The second kappa shape index (κ2) is 6.37. The molecule has 14 heavy (non-hydrogen) atoms. The standard InChI is InChI=1S/C11H17IN2/c1-9(2)13-7-10-5-3-4-6-11(10)8-14-12/h3-6,9,13-14H,7-8H2,1-2H3. The highest BCUT2D eigenvalue weighted by Gasteiger charge is 2.00. The fourth-order valence-corrected chi connectivity index (χ4v) is 1.70. The number of hydrogen-bond acceptors (Lipinski definition) is 2. The quantitative estimate of drug-likeness (QED) is 0.645. The van der Waals surface area contributed by atoms with E-state index < -0.39 is 0 Å². The van der Waals surface area contributed by atoms with Gasteiger partial charge in [-0.3, -0.25) is 3.53 Å². The molecule has 0 fully saturated rings. The Labute approximate surface area is 100.0 Å². The van der Waals surface area contributed by atoms with Crippen LogP contribution in [0, 0.1) is 0 Å². The van der Waals surface area contributed by atoms with Gasteiger partial charge in [0.2, 0.25) is 0 Å². The lowest BCUT2D eigenvalue weighted by atomic mass is 10.1. The zero-order valence-electron chi connectivity index (χ0n) is 8.68. The highest BCUT2D eigenvalue weighted by molar-refractivity contribution is 14.1. The van der Waals surface area contributed by atoms with Crippen LogP contribution in [0.15, 0.2) is 24.3 Å². The predicted octanol–water partition coefficient (Wildman–Crippen LogP) is 2.62. The molecule has 1 aromatic carbocycles. The van der Waals surface area contributed by atoms with Gasteiger partial charge in [0, 0.05) is 42.0 Å². The van der Waals surface area contributed by atoms with Crippen molar-refractivity contribution in [2.75, 3.05) is 0 Å². The molecule has 78 valence electrons. The van der Waals surface area contributed by atoms with Crippen LogP contribution in [0.1, 0.15) is 25.0 Å². The normalized spacial score (nSPS) is 10.9. The molecule has 3 heteroatoms. The number of halogens is 1. The average Bonchev–Trinajstić information content (AvgIpc) is 2.17. The van der Waals surface area contributed by atoms with E-state index in [1.54, 1.807) is 0 Å². The first kappa shape index (κ1) is 11.9. The third-order valence-corrected chi connectivity index (χ3v) is 2.46. The highest BCUT2D eigenvalue weighted by atomic mass is 127. The summed E-state index contributed by atoms with van der Waals surface area (Å²) in [6.07, 6.45) is 0. The summed E-state index contributed by atoms with van der Waals surface area (Å²) >= 11 is 2.18. The molecular weight excluding hydrogens is 287 g/mol. The van der Waals surface area contributed by atoms with Crippen molar-refractivity contribution in [1.82, 2.24) is 8.85 Å². The average molecular weight is 304 g/mol. The third kappa shape index (κ3) is 3.94. The second-order valence-electron chi connectivity index (χ2n) is 3.61. The molecule has 2 nitrogen and oxygen atoms in total. The maximum absolute atomic E-state index is 3.43. The number of hydrogen-bond donors (Lipinski definition) is 2. The molecule has 0 aliphatic rings. The van der Waals surface area contributed by atoms with Crippen molar-refractivity contribution in [2.45, 2.75) is 33.0 Å². The topological polar surface area (TPSA) is 24.1 Å². The molecule has 0 heterocycles. The van der Waals surface area contributed by atoms with E-state index in [0.717, 1.165) is 13.1 Å². The van der Waals surface area contributed by atoms with Crippen LogP contribution in [0.2, 0.25) is 0 Å². The van der Waals surface area contributed by atoms with E-state index in [-0.39, 0.29) is 0 Å². The lowest BCUT2D eigenvalue weighted by Crippen LogP contribution is -2.22. The summed E-state index contributed by atoms with van der Waals surface area (Å²) < 4.78 is 3.15. The molecule has 0 saturated heterocycles. The zero-order chi connectivity index (χ0) is 10.4. The van der Waals surface area contributed by atoms with Crippen molar-refractivity contribution in [3.63, 3.8) is 0 Å². The maximum Gasteiger partial charge on any atom is 0.0304 e. The van der Waals surface area contributed by atoms with Crippen LogP contribution in [0.4, 0.5) is 0 Å². The Hall–Kier alpha value is -0.130. The van der Waals surface area contributed by atoms with E-state index in [4.69, 9.17) is 0 Å². The molecule has 0 saturated carbocycles. The summed E-state index contributed by atoms with van der Waals surface area (Å²) in [4.78, 5) is 0. The molecule has 1 rings (SSSR count). The molecule has 1 aromatic rings. The van der Waals surface area contributed by atoms with Gasteiger partial charge in [-0.1, -0.05) is 38.1 Å². The Balaban J connectivity index is 2.64. The maximum atomic E-state index is 3.43. The van der Waals surface area contributed by atoms with Crippen LogP contribution in [0.3, 0.4) is 0 Å². The van der Waals surface area contributed by atoms with Gasteiger partial charge in [0.25, 0.3) is 0 Å². The van der Waals surface area contributed by atoms with Crippen molar-refractivity contribution in [2.24, 2.45) is 0 Å². The van der Waals surface area contributed by atoms with E-state index in [9.17, 15) is 0 Å². The minimum absolute atomic E-state index is 0.538. The van der Waals surface area contributed by atoms with Crippen LogP contribution < -0.4 is 8.85 Å². The van der Waals surface area contributed by atoms with E-state index in [2.05, 4.69) is 69.8 Å². The van der Waals surface area contributed by atoms with Crippen LogP contribution in [0.5, 0.6) is 0 Å². The summed E-state index contributed by atoms with van der Waals surface area (Å²) in [5.74, 6) is 0. The Morgan fingerprint density at radius 1 is 1.14 bits per heavy atom. The van der Waals surface area contributed by atoms with Gasteiger partial charge >= 0.3 is 0 Å². The van der Waals surface area contributed by atoms with Crippen molar-refractivity contribution >= 4 is 22.9 Å². The molecule has 0 aromatic heterocycles. The smallest absolute Gasteiger partial charge is 0.0304 e. The zero-order valence-corrected chi connectivity index (χ0v) is 10.8. The molecule has 0 radical (unpaired) electrons. The monoisotopic (exact) mass is 304 g/mol. The van der Waals surface area contributed by atoms with Crippen molar-refractivity contribution in [3.05, 3.63) is 35.4 Å². The van der Waals surface area contributed by atoms with Crippen LogP contribution in [-0.4, -0.2) is 6.04 Å². The van der Waals surface area contributed by atoms with Crippen LogP contribution in [-0.2, 0) is 13.1 Å². The Bertz CT molecular complexity index is 274. The van der Waals surface area contributed by atoms with E-state index in [0.29, 0.717) is 6.04 Å². The fourth-order valence-electron chi connectivity index (χ4n) is 1.29. The highest BCUT2D eigenvalue weighted by Crippen LogP contribution is 2.08. The molecule has 0 aliphatic heterocycles. The first-order valence-electron chi connectivity index (χ1n) is 4.87. The van der Waals surface area contributed by atoms with Gasteiger partial charge in [0.05, 0.1) is 0 Å². The molecule has 0 aliphatic carbocycles. The lowest BCUT2D eigenvalue weighted by Gasteiger charge is -2.11. The summed E-state index contributed by atoms with van der Waals surface area (Å²) in [7, 11) is 0. The Morgan fingerprint density at radius 3 is 2.21 bits per heavy atom. The SMILES string of the molecule is CC(C)NCc1ccccc1CNI. The lowest BCUT2D eigenvalue weighted by molar-refractivity contribution is 0.586. The van der Waals surface area contributed by atoms with Crippen molar-refractivity contribution in [1.29, 1.82) is 0 Å². The van der Waals surface area contributed by atoms with Gasteiger partial charge in [-0.15, -0.1) is 0 Å². The Morgan fingerprint density at radius 2 is 1.71 bits per heavy atom. The largest absolute Gasteiger partial charge is 0.310 e. The van der Waals surface area contributed by atoms with Gasteiger partial charge in [-0.25, -0.2) is 0 Å². The van der Waals surface area contributed by atoms with Crippen LogP contribution in [0.25, 0.3) is 0 Å². The summed E-state index contributed by atoms with van der Waals surface area (Å²) in [6, 6.07) is 9.06. The van der Waals surface area contributed by atoms with Crippen molar-refractivity contribution in [3.8, 4) is 0 Å². The summed E-state index contributed by atoms with van der Waals surface area (Å²) in [5.41, 5.74) is 2.75. The molecule has 0 unspecified atom stereocenters. The molecule has 0 spiro atoms. The minimum atomic E-state index is 0.538. The van der Waals surface area contributed by atoms with Crippen LogP contribution >= 0.6 is 22.9 Å². The van der Waals surface area contributed by atoms with Gasteiger partial charge < -0.3 is 5.32 Å². The molecule has 0 amide bonds. The fraction of sp³-hybridized carbons (Fsp3) is 0.455. The molecular formula is C11H17IN2. The third-order valence-electron chi connectivity index (χ3n) is 2.08. The predicted molar refractivity (Wildman–Crippen MR) is 69.3 cm³/mol. The van der Waals surface area contributed by atoms with Crippen molar-refractivity contribution < 1.29 is 0 Å². The van der Waals surface area contributed by atoms with Gasteiger partial charge in [0.15, 0.2) is 0 Å². The summed E-state index contributed by atoms with van der Waals surface area (Å²) in [6.45, 7) is 6.21. The molecule has 2 N–H and O–H groups in total. The first-order chi connectivity index (χ1) is 6.74. The van der Waals surface area contributed by atoms with Gasteiger partial charge in [-0.05, 0) is 11.1 Å². The molecule has 0 bridgehead atoms. The number of benzene rings is 1. The minimum Gasteiger partial charge on any atom is -0.310 e. The van der Waals surface area contributed by atoms with Gasteiger partial charge in [0.1, 0.15) is 0 Å². The number of rotatable bonds is 5. The Kier molecular flexibility index (Phi) is 5.44. The van der Waals surface area contributed by atoms with E-state index >= 15 is 0 Å². The number of nitrogens with one attached hydrogen (secondary N) is 2.